The van der Waals surface area contributed by atoms with Crippen LogP contribution in [0.5, 0.6) is 0 Å². The van der Waals surface area contributed by atoms with Gasteiger partial charge in [0.15, 0.2) is 0 Å². The third-order valence-corrected chi connectivity index (χ3v) is 3.68. The first-order valence-electron chi connectivity index (χ1n) is 6.04. The van der Waals surface area contributed by atoms with E-state index in [0.29, 0.717) is 5.69 Å². The smallest absolute Gasteiger partial charge is 0.417 e. The van der Waals surface area contributed by atoms with Crippen LogP contribution in [0.4, 0.5) is 18.9 Å². The second-order valence-electron chi connectivity index (χ2n) is 4.27. The molecule has 20 heavy (non-hydrogen) atoms. The first-order chi connectivity index (χ1) is 9.25. The SMILES string of the molecule is CCSCC(C)Nc1ccc(C(F)(F)F)c(C(=O)O)c1. The summed E-state index contributed by atoms with van der Waals surface area (Å²) in [6.45, 7) is 3.90. The number of nitrogens with one attached hydrogen (secondary N) is 1. The molecule has 2 N–H and O–H groups in total. The molecule has 1 rings (SSSR count). The molecule has 0 saturated heterocycles. The van der Waals surface area contributed by atoms with Crippen LogP contribution >= 0.6 is 11.8 Å². The van der Waals surface area contributed by atoms with Crippen molar-refractivity contribution in [3.63, 3.8) is 0 Å². The maximum atomic E-state index is 12.7. The first-order valence-corrected chi connectivity index (χ1v) is 7.20. The Morgan fingerprint density at radius 1 is 1.45 bits per heavy atom. The van der Waals surface area contributed by atoms with Crippen molar-refractivity contribution in [2.24, 2.45) is 0 Å². The highest BCUT2D eigenvalue weighted by Crippen LogP contribution is 2.33. The minimum atomic E-state index is -4.67. The average Bonchev–Trinajstić information content (AvgIpc) is 2.34. The van der Waals surface area contributed by atoms with Crippen LogP contribution in [0.2, 0.25) is 0 Å². The zero-order valence-corrected chi connectivity index (χ0v) is 11.9. The highest BCUT2D eigenvalue weighted by atomic mass is 32.2. The number of aromatic carboxylic acids is 1. The molecule has 0 aliphatic heterocycles. The summed E-state index contributed by atoms with van der Waals surface area (Å²) in [5.74, 6) is 0.149. The summed E-state index contributed by atoms with van der Waals surface area (Å²) in [4.78, 5) is 10.9. The van der Waals surface area contributed by atoms with E-state index in [9.17, 15) is 18.0 Å². The van der Waals surface area contributed by atoms with Gasteiger partial charge in [0.1, 0.15) is 0 Å². The molecule has 0 aromatic heterocycles. The number of thioether (sulfide) groups is 1. The van der Waals surface area contributed by atoms with E-state index in [0.717, 1.165) is 23.6 Å². The zero-order chi connectivity index (χ0) is 15.3. The number of rotatable bonds is 6. The standard InChI is InChI=1S/C13H16F3NO2S/c1-3-20-7-8(2)17-9-4-5-11(13(14,15)16)10(6-9)12(18)19/h4-6,8,17H,3,7H2,1-2H3,(H,18,19). The van der Waals surface area contributed by atoms with Gasteiger partial charge in [-0.25, -0.2) is 4.79 Å². The minimum absolute atomic E-state index is 0.0401. The summed E-state index contributed by atoms with van der Waals surface area (Å²) >= 11 is 1.69. The summed E-state index contributed by atoms with van der Waals surface area (Å²) < 4.78 is 38.0. The Morgan fingerprint density at radius 2 is 2.10 bits per heavy atom. The molecule has 1 aromatic carbocycles. The topological polar surface area (TPSA) is 49.3 Å². The number of anilines is 1. The number of alkyl halides is 3. The normalized spacial score (nSPS) is 13.1. The Labute approximate surface area is 119 Å². The van der Waals surface area contributed by atoms with E-state index < -0.39 is 23.3 Å². The molecule has 0 heterocycles. The minimum Gasteiger partial charge on any atom is -0.478 e. The highest BCUT2D eigenvalue weighted by Gasteiger charge is 2.35. The lowest BCUT2D eigenvalue weighted by Crippen LogP contribution is -2.19. The zero-order valence-electron chi connectivity index (χ0n) is 11.1. The van der Waals surface area contributed by atoms with E-state index >= 15 is 0 Å². The number of halogens is 3. The van der Waals surface area contributed by atoms with E-state index in [-0.39, 0.29) is 6.04 Å². The predicted molar refractivity (Wildman–Crippen MR) is 74.5 cm³/mol. The number of hydrogen-bond acceptors (Lipinski definition) is 3. The van der Waals surface area contributed by atoms with Crippen LogP contribution in [0, 0.1) is 0 Å². The Morgan fingerprint density at radius 3 is 2.60 bits per heavy atom. The van der Waals surface area contributed by atoms with Gasteiger partial charge in [-0.3, -0.25) is 0 Å². The van der Waals surface area contributed by atoms with E-state index in [1.807, 2.05) is 13.8 Å². The maximum absolute atomic E-state index is 12.7. The van der Waals surface area contributed by atoms with Crippen molar-refractivity contribution >= 4 is 23.4 Å². The lowest BCUT2D eigenvalue weighted by Gasteiger charge is -2.17. The Kier molecular flexibility index (Phi) is 5.74. The molecule has 0 saturated carbocycles. The van der Waals surface area contributed by atoms with Gasteiger partial charge in [-0.05, 0) is 30.9 Å². The lowest BCUT2D eigenvalue weighted by molar-refractivity contribution is -0.138. The second kappa shape index (κ2) is 6.88. The fraction of sp³-hybridized carbons (Fsp3) is 0.462. The lowest BCUT2D eigenvalue weighted by atomic mass is 10.1. The van der Waals surface area contributed by atoms with Crippen LogP contribution in [0.15, 0.2) is 18.2 Å². The number of carboxylic acid groups (broad SMARTS) is 1. The molecule has 1 aromatic rings. The van der Waals surface area contributed by atoms with Crippen LogP contribution < -0.4 is 5.32 Å². The predicted octanol–water partition coefficient (Wildman–Crippen LogP) is 3.96. The third-order valence-electron chi connectivity index (χ3n) is 2.54. The molecule has 0 fully saturated rings. The number of hydrogen-bond donors (Lipinski definition) is 2. The monoisotopic (exact) mass is 307 g/mol. The summed E-state index contributed by atoms with van der Waals surface area (Å²) in [5, 5.41) is 11.9. The van der Waals surface area contributed by atoms with Gasteiger partial charge in [0.05, 0.1) is 11.1 Å². The molecule has 0 radical (unpaired) electrons. The second-order valence-corrected chi connectivity index (χ2v) is 5.59. The quantitative estimate of drug-likeness (QED) is 0.835. The van der Waals surface area contributed by atoms with E-state index in [1.54, 1.807) is 11.8 Å². The van der Waals surface area contributed by atoms with E-state index in [1.165, 1.54) is 6.07 Å². The summed E-state index contributed by atoms with van der Waals surface area (Å²) in [6.07, 6.45) is -4.67. The number of carbonyl (C=O) groups is 1. The number of carboxylic acids is 1. The van der Waals surface area contributed by atoms with Crippen molar-refractivity contribution in [2.45, 2.75) is 26.1 Å². The van der Waals surface area contributed by atoms with E-state index in [2.05, 4.69) is 5.32 Å². The van der Waals surface area contributed by atoms with Crippen LogP contribution in [-0.2, 0) is 6.18 Å². The molecular formula is C13H16F3NO2S. The van der Waals surface area contributed by atoms with Gasteiger partial charge in [-0.1, -0.05) is 6.92 Å². The molecule has 1 atom stereocenters. The Bertz CT molecular complexity index is 477. The van der Waals surface area contributed by atoms with Crippen molar-refractivity contribution in [1.82, 2.24) is 0 Å². The molecule has 112 valence electrons. The van der Waals surface area contributed by atoms with Gasteiger partial charge in [0, 0.05) is 17.5 Å². The van der Waals surface area contributed by atoms with E-state index in [4.69, 9.17) is 5.11 Å². The van der Waals surface area contributed by atoms with Crippen molar-refractivity contribution in [3.8, 4) is 0 Å². The van der Waals surface area contributed by atoms with Gasteiger partial charge < -0.3 is 10.4 Å². The van der Waals surface area contributed by atoms with Crippen molar-refractivity contribution in [3.05, 3.63) is 29.3 Å². The van der Waals surface area contributed by atoms with Crippen LogP contribution in [0.1, 0.15) is 29.8 Å². The fourth-order valence-electron chi connectivity index (χ4n) is 1.68. The summed E-state index contributed by atoms with van der Waals surface area (Å²) in [6, 6.07) is 3.12. The van der Waals surface area contributed by atoms with Gasteiger partial charge >= 0.3 is 12.1 Å². The van der Waals surface area contributed by atoms with Gasteiger partial charge in [-0.2, -0.15) is 24.9 Å². The molecule has 3 nitrogen and oxygen atoms in total. The van der Waals surface area contributed by atoms with Crippen molar-refractivity contribution in [1.29, 1.82) is 0 Å². The van der Waals surface area contributed by atoms with Crippen LogP contribution in [0.3, 0.4) is 0 Å². The Hall–Kier alpha value is -1.37. The molecule has 0 aliphatic carbocycles. The van der Waals surface area contributed by atoms with Gasteiger partial charge in [0.25, 0.3) is 0 Å². The van der Waals surface area contributed by atoms with Crippen molar-refractivity contribution in [2.75, 3.05) is 16.8 Å². The fourth-order valence-corrected chi connectivity index (χ4v) is 2.35. The summed E-state index contributed by atoms with van der Waals surface area (Å²) in [5.41, 5.74) is -1.50. The third kappa shape index (κ3) is 4.63. The summed E-state index contributed by atoms with van der Waals surface area (Å²) in [7, 11) is 0. The molecule has 0 bridgehead atoms. The molecule has 1 unspecified atom stereocenters. The molecular weight excluding hydrogens is 291 g/mol. The average molecular weight is 307 g/mol. The largest absolute Gasteiger partial charge is 0.478 e. The van der Waals surface area contributed by atoms with Crippen LogP contribution in [0.25, 0.3) is 0 Å². The molecule has 7 heteroatoms. The molecule has 0 aliphatic rings. The van der Waals surface area contributed by atoms with Gasteiger partial charge in [-0.15, -0.1) is 0 Å². The molecule has 0 amide bonds. The molecule has 0 spiro atoms. The number of benzene rings is 1. The van der Waals surface area contributed by atoms with Crippen LogP contribution in [-0.4, -0.2) is 28.6 Å². The van der Waals surface area contributed by atoms with Gasteiger partial charge in [0.2, 0.25) is 0 Å². The maximum Gasteiger partial charge on any atom is 0.417 e. The van der Waals surface area contributed by atoms with Crippen molar-refractivity contribution < 1.29 is 23.1 Å². The first kappa shape index (κ1) is 16.7. The Balaban J connectivity index is 2.96. The highest BCUT2D eigenvalue weighted by molar-refractivity contribution is 7.99.